The average molecular weight is 237 g/mol. The zero-order valence-electron chi connectivity index (χ0n) is 9.93. The summed E-state index contributed by atoms with van der Waals surface area (Å²) < 4.78 is 1.62. The Morgan fingerprint density at radius 2 is 2.29 bits per heavy atom. The minimum atomic E-state index is 0.0237. The number of aliphatic hydroxyl groups excluding tert-OH is 1. The van der Waals surface area contributed by atoms with Gasteiger partial charge in [-0.2, -0.15) is 5.10 Å². The molecule has 1 aromatic heterocycles. The van der Waals surface area contributed by atoms with Crippen molar-refractivity contribution in [2.45, 2.75) is 44.7 Å². The Morgan fingerprint density at radius 3 is 3.00 bits per heavy atom. The summed E-state index contributed by atoms with van der Waals surface area (Å²) >= 11 is 0. The summed E-state index contributed by atoms with van der Waals surface area (Å²) in [7, 11) is 0. The van der Waals surface area contributed by atoms with Crippen molar-refractivity contribution in [2.75, 3.05) is 6.61 Å². The quantitative estimate of drug-likeness (QED) is 0.782. The van der Waals surface area contributed by atoms with Gasteiger partial charge in [-0.15, -0.1) is 0 Å². The van der Waals surface area contributed by atoms with Crippen LogP contribution in [-0.4, -0.2) is 33.4 Å². The molecule has 1 aliphatic rings. The number of carbonyl (C=O) groups excluding carboxylic acids is 1. The van der Waals surface area contributed by atoms with E-state index < -0.39 is 0 Å². The molecule has 1 heterocycles. The lowest BCUT2D eigenvalue weighted by molar-refractivity contribution is -0.122. The molecule has 0 bridgehead atoms. The van der Waals surface area contributed by atoms with Crippen LogP contribution in [0.4, 0.5) is 0 Å². The lowest BCUT2D eigenvalue weighted by Gasteiger charge is -2.11. The first-order valence-electron chi connectivity index (χ1n) is 6.19. The average Bonchev–Trinajstić information content (AvgIpc) is 2.91. The number of aliphatic hydroxyl groups is 1. The molecule has 0 saturated heterocycles. The van der Waals surface area contributed by atoms with E-state index in [0.717, 1.165) is 18.4 Å². The molecular weight excluding hydrogens is 218 g/mol. The van der Waals surface area contributed by atoms with Crippen molar-refractivity contribution in [3.63, 3.8) is 0 Å². The van der Waals surface area contributed by atoms with E-state index in [-0.39, 0.29) is 19.1 Å². The van der Waals surface area contributed by atoms with E-state index in [1.807, 2.05) is 6.20 Å². The molecule has 0 aliphatic heterocycles. The van der Waals surface area contributed by atoms with Gasteiger partial charge in [-0.3, -0.25) is 9.48 Å². The van der Waals surface area contributed by atoms with Gasteiger partial charge in [0.2, 0.25) is 5.91 Å². The third kappa shape index (κ3) is 3.56. The van der Waals surface area contributed by atoms with Gasteiger partial charge >= 0.3 is 0 Å². The zero-order chi connectivity index (χ0) is 12.1. The van der Waals surface area contributed by atoms with Gasteiger partial charge in [-0.25, -0.2) is 0 Å². The summed E-state index contributed by atoms with van der Waals surface area (Å²) in [4.78, 5) is 11.7. The van der Waals surface area contributed by atoms with Crippen molar-refractivity contribution >= 4 is 5.91 Å². The summed E-state index contributed by atoms with van der Waals surface area (Å²) in [5.41, 5.74) is 0.959. The third-order valence-corrected chi connectivity index (χ3v) is 3.11. The minimum Gasteiger partial charge on any atom is -0.396 e. The van der Waals surface area contributed by atoms with Crippen molar-refractivity contribution in [1.82, 2.24) is 15.1 Å². The van der Waals surface area contributed by atoms with Gasteiger partial charge in [0.1, 0.15) is 6.54 Å². The Labute approximate surface area is 101 Å². The van der Waals surface area contributed by atoms with E-state index in [0.29, 0.717) is 12.5 Å². The van der Waals surface area contributed by atoms with Crippen LogP contribution >= 0.6 is 0 Å². The smallest absolute Gasteiger partial charge is 0.241 e. The summed E-state index contributed by atoms with van der Waals surface area (Å²) in [5.74, 6) is 0.0237. The molecular formula is C12H19N3O2. The predicted octanol–water partition coefficient (Wildman–Crippen LogP) is 0.477. The van der Waals surface area contributed by atoms with E-state index in [4.69, 9.17) is 5.11 Å². The van der Waals surface area contributed by atoms with Crippen molar-refractivity contribution in [3.8, 4) is 0 Å². The van der Waals surface area contributed by atoms with Gasteiger partial charge in [-0.05, 0) is 24.8 Å². The zero-order valence-corrected chi connectivity index (χ0v) is 9.93. The van der Waals surface area contributed by atoms with Crippen LogP contribution in [0.25, 0.3) is 0 Å². The Balaban J connectivity index is 1.80. The standard InChI is InChI=1S/C12H19N3O2/c16-6-5-10-7-13-15(8-10)9-12(17)14-11-3-1-2-4-11/h7-8,11,16H,1-6,9H2,(H,14,17). The van der Waals surface area contributed by atoms with Crippen LogP contribution in [0.5, 0.6) is 0 Å². The van der Waals surface area contributed by atoms with Crippen LogP contribution in [-0.2, 0) is 17.8 Å². The molecule has 0 spiro atoms. The SMILES string of the molecule is O=C(Cn1cc(CCO)cn1)NC1CCCC1. The Hall–Kier alpha value is -1.36. The summed E-state index contributed by atoms with van der Waals surface area (Å²) in [6.07, 6.45) is 8.72. The highest BCUT2D eigenvalue weighted by Gasteiger charge is 2.17. The van der Waals surface area contributed by atoms with Crippen molar-refractivity contribution < 1.29 is 9.90 Å². The number of carbonyl (C=O) groups is 1. The monoisotopic (exact) mass is 237 g/mol. The fourth-order valence-corrected chi connectivity index (χ4v) is 2.24. The summed E-state index contributed by atoms with van der Waals surface area (Å²) in [6, 6.07) is 0.356. The number of nitrogens with one attached hydrogen (secondary N) is 1. The topological polar surface area (TPSA) is 67.2 Å². The maximum atomic E-state index is 11.7. The number of aromatic nitrogens is 2. The minimum absolute atomic E-state index is 0.0237. The molecule has 2 rings (SSSR count). The molecule has 1 aromatic rings. The normalized spacial score (nSPS) is 16.3. The van der Waals surface area contributed by atoms with Crippen molar-refractivity contribution in [3.05, 3.63) is 18.0 Å². The molecule has 5 heteroatoms. The van der Waals surface area contributed by atoms with E-state index in [1.54, 1.807) is 10.9 Å². The molecule has 17 heavy (non-hydrogen) atoms. The Morgan fingerprint density at radius 1 is 1.53 bits per heavy atom. The number of amides is 1. The molecule has 94 valence electrons. The molecule has 0 atom stereocenters. The molecule has 0 aromatic carbocycles. The second-order valence-corrected chi connectivity index (χ2v) is 4.57. The first-order valence-corrected chi connectivity index (χ1v) is 6.19. The fraction of sp³-hybridized carbons (Fsp3) is 0.667. The first kappa shape index (κ1) is 12.1. The number of hydrogen-bond acceptors (Lipinski definition) is 3. The lowest BCUT2D eigenvalue weighted by Crippen LogP contribution is -2.35. The van der Waals surface area contributed by atoms with Crippen molar-refractivity contribution in [1.29, 1.82) is 0 Å². The largest absolute Gasteiger partial charge is 0.396 e. The van der Waals surface area contributed by atoms with E-state index in [9.17, 15) is 4.79 Å². The van der Waals surface area contributed by atoms with Crippen LogP contribution in [0, 0.1) is 0 Å². The molecule has 1 fully saturated rings. The Kier molecular flexibility index (Phi) is 4.14. The molecule has 1 saturated carbocycles. The van der Waals surface area contributed by atoms with E-state index >= 15 is 0 Å². The molecule has 2 N–H and O–H groups in total. The van der Waals surface area contributed by atoms with Gasteiger partial charge in [0.15, 0.2) is 0 Å². The second kappa shape index (κ2) is 5.82. The molecule has 1 aliphatic carbocycles. The van der Waals surface area contributed by atoms with Crippen LogP contribution in [0.1, 0.15) is 31.2 Å². The first-order chi connectivity index (χ1) is 8.28. The maximum Gasteiger partial charge on any atom is 0.241 e. The Bertz CT molecular complexity index is 370. The number of nitrogens with zero attached hydrogens (tertiary/aromatic N) is 2. The van der Waals surface area contributed by atoms with Gasteiger partial charge in [0.05, 0.1) is 6.20 Å². The fourth-order valence-electron chi connectivity index (χ4n) is 2.24. The third-order valence-electron chi connectivity index (χ3n) is 3.11. The van der Waals surface area contributed by atoms with Gasteiger partial charge < -0.3 is 10.4 Å². The van der Waals surface area contributed by atoms with Gasteiger partial charge in [0, 0.05) is 18.8 Å². The maximum absolute atomic E-state index is 11.7. The molecule has 1 amide bonds. The van der Waals surface area contributed by atoms with Crippen LogP contribution in [0.2, 0.25) is 0 Å². The predicted molar refractivity (Wildman–Crippen MR) is 63.4 cm³/mol. The molecule has 5 nitrogen and oxygen atoms in total. The van der Waals surface area contributed by atoms with Crippen LogP contribution in [0.15, 0.2) is 12.4 Å². The second-order valence-electron chi connectivity index (χ2n) is 4.57. The number of rotatable bonds is 5. The van der Waals surface area contributed by atoms with Gasteiger partial charge in [0.25, 0.3) is 0 Å². The molecule has 0 unspecified atom stereocenters. The van der Waals surface area contributed by atoms with Crippen LogP contribution < -0.4 is 5.32 Å². The van der Waals surface area contributed by atoms with E-state index in [1.165, 1.54) is 12.8 Å². The summed E-state index contributed by atoms with van der Waals surface area (Å²) in [6.45, 7) is 0.377. The van der Waals surface area contributed by atoms with E-state index in [2.05, 4.69) is 10.4 Å². The number of hydrogen-bond donors (Lipinski definition) is 2. The highest BCUT2D eigenvalue weighted by molar-refractivity contribution is 5.75. The van der Waals surface area contributed by atoms with Crippen molar-refractivity contribution in [2.24, 2.45) is 0 Å². The highest BCUT2D eigenvalue weighted by atomic mass is 16.3. The highest BCUT2D eigenvalue weighted by Crippen LogP contribution is 2.17. The van der Waals surface area contributed by atoms with Gasteiger partial charge in [-0.1, -0.05) is 12.8 Å². The lowest BCUT2D eigenvalue weighted by atomic mass is 10.2. The molecule has 0 radical (unpaired) electrons. The van der Waals surface area contributed by atoms with Crippen LogP contribution in [0.3, 0.4) is 0 Å². The summed E-state index contributed by atoms with van der Waals surface area (Å²) in [5, 5.41) is 15.9.